The minimum atomic E-state index is -2.26. The monoisotopic (exact) mass is 534 g/mol. The van der Waals surface area contributed by atoms with Gasteiger partial charge in [0.2, 0.25) is 0 Å². The summed E-state index contributed by atoms with van der Waals surface area (Å²) in [5.74, 6) is -0.742. The van der Waals surface area contributed by atoms with Gasteiger partial charge in [-0.05, 0) is 56.5 Å². The fourth-order valence-electron chi connectivity index (χ4n) is 4.39. The maximum absolute atomic E-state index is 13.7. The molecule has 0 aliphatic heterocycles. The third-order valence-corrected chi connectivity index (χ3v) is 13.4. The zero-order valence-corrected chi connectivity index (χ0v) is 26.7. The highest BCUT2D eigenvalue weighted by molar-refractivity contribution is 6.74. The Labute approximate surface area is 227 Å². The Morgan fingerprint density at radius 1 is 0.946 bits per heavy atom. The van der Waals surface area contributed by atoms with E-state index < -0.39 is 38.1 Å². The summed E-state index contributed by atoms with van der Waals surface area (Å²) in [6.45, 7) is 26.3. The lowest BCUT2D eigenvalue weighted by Gasteiger charge is -2.40. The Hall–Kier alpha value is -1.47. The van der Waals surface area contributed by atoms with Crippen LogP contribution in [0.15, 0.2) is 41.5 Å². The predicted molar refractivity (Wildman–Crippen MR) is 156 cm³/mol. The van der Waals surface area contributed by atoms with E-state index in [-0.39, 0.29) is 22.8 Å². The first-order chi connectivity index (χ1) is 16.8. The molecule has 2 N–H and O–H groups in total. The van der Waals surface area contributed by atoms with Crippen molar-refractivity contribution in [1.82, 2.24) is 0 Å². The third kappa shape index (κ3) is 8.25. The fraction of sp³-hybridized carbons (Fsp3) is 0.710. The van der Waals surface area contributed by atoms with Crippen LogP contribution in [0.3, 0.4) is 0 Å². The second-order valence-electron chi connectivity index (χ2n) is 12.9. The molecule has 5 nitrogen and oxygen atoms in total. The second-order valence-corrected chi connectivity index (χ2v) is 17.7. The molecule has 0 fully saturated rings. The van der Waals surface area contributed by atoms with Crippen LogP contribution in [0.2, 0.25) is 18.1 Å². The molecule has 37 heavy (non-hydrogen) atoms. The quantitative estimate of drug-likeness (QED) is 0.168. The summed E-state index contributed by atoms with van der Waals surface area (Å²) in [7, 11) is -2.26. The summed E-state index contributed by atoms with van der Waals surface area (Å²) in [6.07, 6.45) is -1.98. The molecular formula is C31H54O5Si. The number of carbonyl (C=O) groups is 1. The number of aliphatic hydroxyl groups excluding tert-OH is 2. The minimum Gasteiger partial charge on any atom is -0.456 e. The van der Waals surface area contributed by atoms with E-state index in [4.69, 9.17) is 9.16 Å². The number of aliphatic hydroxyl groups is 2. The maximum atomic E-state index is 13.7. The van der Waals surface area contributed by atoms with E-state index in [2.05, 4.69) is 33.9 Å². The van der Waals surface area contributed by atoms with Crippen molar-refractivity contribution in [1.29, 1.82) is 0 Å². The van der Waals surface area contributed by atoms with Gasteiger partial charge < -0.3 is 19.4 Å². The standard InChI is InChI=1S/C31H54O5Si/c1-14-26(32)31(10,11)28(33)22(4)20(2)21(3)24(6)35-29(34)27(36-37(12,13)30(7,8)9)23(5)25-18-16-15-17-19-25/h15-19,22-24,26-28,32-33H,14H2,1-13H3/b21-20+/t22-,23-,24?,26-,27+,28-/m0/s1. The maximum Gasteiger partial charge on any atom is 0.335 e. The van der Waals surface area contributed by atoms with Gasteiger partial charge in [0.1, 0.15) is 12.2 Å². The first kappa shape index (κ1) is 33.6. The average Bonchev–Trinajstić information content (AvgIpc) is 2.83. The zero-order valence-electron chi connectivity index (χ0n) is 25.7. The highest BCUT2D eigenvalue weighted by Gasteiger charge is 2.43. The highest BCUT2D eigenvalue weighted by Crippen LogP contribution is 2.40. The Kier molecular flexibility index (Phi) is 11.8. The van der Waals surface area contributed by atoms with Gasteiger partial charge >= 0.3 is 5.97 Å². The lowest BCUT2D eigenvalue weighted by molar-refractivity contribution is -0.156. The van der Waals surface area contributed by atoms with Crippen LogP contribution < -0.4 is 0 Å². The van der Waals surface area contributed by atoms with Gasteiger partial charge in [0, 0.05) is 17.3 Å². The van der Waals surface area contributed by atoms with Crippen LogP contribution in [0, 0.1) is 11.3 Å². The molecular weight excluding hydrogens is 480 g/mol. The van der Waals surface area contributed by atoms with Crippen LogP contribution in [0.4, 0.5) is 0 Å². The number of carbonyl (C=O) groups excluding carboxylic acids is 1. The molecule has 1 aromatic rings. The lowest BCUT2D eigenvalue weighted by atomic mass is 9.72. The highest BCUT2D eigenvalue weighted by atomic mass is 28.4. The summed E-state index contributed by atoms with van der Waals surface area (Å²) >= 11 is 0. The number of benzene rings is 1. The van der Waals surface area contributed by atoms with E-state index in [1.807, 2.05) is 85.7 Å². The molecule has 0 aromatic heterocycles. The Morgan fingerprint density at radius 2 is 1.46 bits per heavy atom. The van der Waals surface area contributed by atoms with Crippen molar-refractivity contribution in [3.63, 3.8) is 0 Å². The molecule has 212 valence electrons. The molecule has 6 heteroatoms. The number of ether oxygens (including phenoxy) is 1. The second kappa shape index (κ2) is 13.1. The molecule has 0 aliphatic carbocycles. The van der Waals surface area contributed by atoms with Crippen molar-refractivity contribution < 1.29 is 24.2 Å². The van der Waals surface area contributed by atoms with E-state index >= 15 is 0 Å². The van der Waals surface area contributed by atoms with Gasteiger partial charge in [-0.25, -0.2) is 4.79 Å². The van der Waals surface area contributed by atoms with Crippen molar-refractivity contribution in [2.45, 2.75) is 131 Å². The van der Waals surface area contributed by atoms with Crippen molar-refractivity contribution in [2.75, 3.05) is 0 Å². The van der Waals surface area contributed by atoms with Crippen LogP contribution in [0.1, 0.15) is 94.1 Å². The van der Waals surface area contributed by atoms with Crippen LogP contribution >= 0.6 is 0 Å². The van der Waals surface area contributed by atoms with Crippen LogP contribution in [-0.4, -0.2) is 48.9 Å². The molecule has 0 spiro atoms. The Morgan fingerprint density at radius 3 is 1.92 bits per heavy atom. The topological polar surface area (TPSA) is 76.0 Å². The van der Waals surface area contributed by atoms with E-state index in [1.165, 1.54) is 0 Å². The molecule has 0 radical (unpaired) electrons. The molecule has 0 saturated heterocycles. The molecule has 1 unspecified atom stereocenters. The molecule has 0 heterocycles. The van der Waals surface area contributed by atoms with Gasteiger partial charge in [-0.1, -0.05) is 91.3 Å². The molecule has 0 saturated carbocycles. The molecule has 1 aromatic carbocycles. The van der Waals surface area contributed by atoms with Crippen molar-refractivity contribution in [2.24, 2.45) is 11.3 Å². The number of esters is 1. The first-order valence-electron chi connectivity index (χ1n) is 13.8. The average molecular weight is 535 g/mol. The lowest BCUT2D eigenvalue weighted by Crippen LogP contribution is -2.48. The third-order valence-electron chi connectivity index (χ3n) is 8.93. The first-order valence-corrected chi connectivity index (χ1v) is 16.7. The number of hydrogen-bond donors (Lipinski definition) is 2. The molecule has 0 amide bonds. The van der Waals surface area contributed by atoms with Gasteiger partial charge in [0.25, 0.3) is 0 Å². The molecule has 6 atom stereocenters. The Balaban J connectivity index is 3.24. The molecule has 1 rings (SSSR count). The van der Waals surface area contributed by atoms with E-state index in [0.717, 1.165) is 16.7 Å². The van der Waals surface area contributed by atoms with Gasteiger partial charge in [-0.2, -0.15) is 0 Å². The number of rotatable bonds is 12. The Bertz CT molecular complexity index is 900. The van der Waals surface area contributed by atoms with E-state index in [1.54, 1.807) is 0 Å². The summed E-state index contributed by atoms with van der Waals surface area (Å²) < 4.78 is 12.7. The van der Waals surface area contributed by atoms with Crippen LogP contribution in [0.25, 0.3) is 0 Å². The summed E-state index contributed by atoms with van der Waals surface area (Å²) in [4.78, 5) is 13.7. The predicted octanol–water partition coefficient (Wildman–Crippen LogP) is 7.24. The minimum absolute atomic E-state index is 0.0542. The smallest absolute Gasteiger partial charge is 0.335 e. The largest absolute Gasteiger partial charge is 0.456 e. The van der Waals surface area contributed by atoms with Gasteiger partial charge in [-0.3, -0.25) is 0 Å². The summed E-state index contributed by atoms with van der Waals surface area (Å²) in [5, 5.41) is 21.5. The normalized spacial score (nSPS) is 18.8. The van der Waals surface area contributed by atoms with Crippen molar-refractivity contribution in [3.8, 4) is 0 Å². The molecule has 0 bridgehead atoms. The fourth-order valence-corrected chi connectivity index (χ4v) is 5.68. The molecule has 0 aliphatic rings. The SMILES string of the molecule is CC[C@H](O)C(C)(C)[C@@H](O)[C@@H](C)/C(C)=C(\C)C(C)OC(=O)[C@H](O[Si](C)(C)C(C)(C)C)[C@@H](C)c1ccccc1. The van der Waals surface area contributed by atoms with Crippen LogP contribution in [-0.2, 0) is 14.0 Å². The van der Waals surface area contributed by atoms with Crippen molar-refractivity contribution in [3.05, 3.63) is 47.0 Å². The summed E-state index contributed by atoms with van der Waals surface area (Å²) in [6, 6.07) is 9.96. The number of hydrogen-bond acceptors (Lipinski definition) is 5. The zero-order chi connectivity index (χ0) is 28.9. The van der Waals surface area contributed by atoms with Crippen molar-refractivity contribution >= 4 is 14.3 Å². The van der Waals surface area contributed by atoms with E-state index in [0.29, 0.717) is 6.42 Å². The van der Waals surface area contributed by atoms with Gasteiger partial charge in [0.05, 0.1) is 12.2 Å². The van der Waals surface area contributed by atoms with Gasteiger partial charge in [-0.15, -0.1) is 0 Å². The summed E-state index contributed by atoms with van der Waals surface area (Å²) in [5.41, 5.74) is 2.23. The van der Waals surface area contributed by atoms with Gasteiger partial charge in [0.15, 0.2) is 8.32 Å². The van der Waals surface area contributed by atoms with E-state index in [9.17, 15) is 15.0 Å². The van der Waals surface area contributed by atoms with Crippen LogP contribution in [0.5, 0.6) is 0 Å².